The Balaban J connectivity index is 1.56. The van der Waals surface area contributed by atoms with Gasteiger partial charge in [0.1, 0.15) is 0 Å². The smallest absolute Gasteiger partial charge is 0.267 e. The summed E-state index contributed by atoms with van der Waals surface area (Å²) < 4.78 is 1.28. The van der Waals surface area contributed by atoms with Gasteiger partial charge in [-0.2, -0.15) is 0 Å². The molecule has 21 heavy (non-hydrogen) atoms. The van der Waals surface area contributed by atoms with Gasteiger partial charge in [0.25, 0.3) is 5.56 Å². The first-order valence-electron chi connectivity index (χ1n) is 7.13. The number of H-pyrrole nitrogens is 2. The number of nitrogens with one attached hydrogen (secondary N) is 2. The van der Waals surface area contributed by atoms with E-state index in [-0.39, 0.29) is 5.56 Å². The maximum absolute atomic E-state index is 11.7. The van der Waals surface area contributed by atoms with Crippen LogP contribution in [-0.2, 0) is 19.4 Å². The van der Waals surface area contributed by atoms with Crippen LogP contribution in [0.3, 0.4) is 0 Å². The Morgan fingerprint density at radius 1 is 1.24 bits per heavy atom. The second-order valence-corrected chi connectivity index (χ2v) is 6.28. The molecule has 3 heterocycles. The molecule has 0 radical (unpaired) electrons. The summed E-state index contributed by atoms with van der Waals surface area (Å²) in [5.41, 5.74) is 6.34. The number of hydrogen-bond acceptors (Lipinski definition) is 4. The van der Waals surface area contributed by atoms with Crippen LogP contribution in [0.1, 0.15) is 16.8 Å². The summed E-state index contributed by atoms with van der Waals surface area (Å²) in [5, 5.41) is 5.69. The van der Waals surface area contributed by atoms with Gasteiger partial charge in [-0.1, -0.05) is 12.1 Å². The molecule has 1 aromatic carbocycles. The first-order valence-corrected chi connectivity index (χ1v) is 8.01. The molecule has 0 amide bonds. The summed E-state index contributed by atoms with van der Waals surface area (Å²) in [6.45, 7) is 2.81. The topological polar surface area (TPSA) is 64.8 Å². The highest BCUT2D eigenvalue weighted by atomic mass is 32.1. The van der Waals surface area contributed by atoms with Crippen LogP contribution in [0.25, 0.3) is 10.2 Å². The van der Waals surface area contributed by atoms with Crippen LogP contribution in [-0.4, -0.2) is 33.2 Å². The molecule has 1 aliphatic heterocycles. The van der Waals surface area contributed by atoms with Crippen LogP contribution in [0.15, 0.2) is 28.5 Å². The first kappa shape index (κ1) is 12.8. The maximum Gasteiger partial charge on any atom is 0.267 e. The second kappa shape index (κ2) is 5.13. The third-order valence-electron chi connectivity index (χ3n) is 4.15. The van der Waals surface area contributed by atoms with Gasteiger partial charge in [-0.25, -0.2) is 4.98 Å². The third kappa shape index (κ3) is 2.30. The van der Waals surface area contributed by atoms with Crippen molar-refractivity contribution in [3.63, 3.8) is 0 Å². The molecule has 3 aromatic rings. The zero-order valence-corrected chi connectivity index (χ0v) is 12.4. The highest BCUT2D eigenvalue weighted by molar-refractivity contribution is 7.16. The first-order chi connectivity index (χ1) is 10.3. The molecule has 108 valence electrons. The summed E-state index contributed by atoms with van der Waals surface area (Å²) in [6.07, 6.45) is 1.71. The van der Waals surface area contributed by atoms with Crippen molar-refractivity contribution in [2.75, 3.05) is 13.1 Å². The largest absolute Gasteiger partial charge is 0.302 e. The monoisotopic (exact) mass is 300 g/mol. The summed E-state index contributed by atoms with van der Waals surface area (Å²) in [6, 6.07) is 6.31. The number of nitrogens with zero attached hydrogens (tertiary/aromatic N) is 2. The average molecular weight is 300 g/mol. The van der Waals surface area contributed by atoms with Gasteiger partial charge in [0.2, 0.25) is 0 Å². The minimum Gasteiger partial charge on any atom is -0.302 e. The molecular formula is C15H16N4OS. The van der Waals surface area contributed by atoms with E-state index in [0.717, 1.165) is 49.2 Å². The van der Waals surface area contributed by atoms with Gasteiger partial charge >= 0.3 is 0 Å². The van der Waals surface area contributed by atoms with Crippen molar-refractivity contribution in [1.29, 1.82) is 0 Å². The number of hydrogen-bond donors (Lipinski definition) is 2. The Hall–Kier alpha value is -1.92. The van der Waals surface area contributed by atoms with Crippen LogP contribution < -0.4 is 5.56 Å². The summed E-state index contributed by atoms with van der Waals surface area (Å²) in [7, 11) is 0. The Bertz CT molecular complexity index is 831. The fourth-order valence-electron chi connectivity index (χ4n) is 3.02. The van der Waals surface area contributed by atoms with Gasteiger partial charge in [0, 0.05) is 37.3 Å². The molecule has 6 heteroatoms. The number of rotatable bonds is 2. The van der Waals surface area contributed by atoms with Gasteiger partial charge < -0.3 is 5.10 Å². The SMILES string of the molecule is O=c1[nH][nH]c2c1CCN(Cc1cccc3ncsc13)CC2. The predicted octanol–water partition coefficient (Wildman–Crippen LogP) is 1.91. The average Bonchev–Trinajstić information content (AvgIpc) is 3.04. The van der Waals surface area contributed by atoms with E-state index in [1.807, 2.05) is 5.51 Å². The number of fused-ring (bicyclic) bond motifs is 2. The molecule has 2 N–H and O–H groups in total. The second-order valence-electron chi connectivity index (χ2n) is 5.43. The molecule has 0 saturated carbocycles. The number of thiazole rings is 1. The van der Waals surface area contributed by atoms with Crippen molar-refractivity contribution < 1.29 is 0 Å². The Labute approximate surface area is 125 Å². The Morgan fingerprint density at radius 2 is 2.14 bits per heavy atom. The van der Waals surface area contributed by atoms with E-state index in [0.29, 0.717) is 0 Å². The molecule has 0 aliphatic carbocycles. The Kier molecular flexibility index (Phi) is 3.12. The number of benzene rings is 1. The highest BCUT2D eigenvalue weighted by Gasteiger charge is 2.18. The molecule has 0 unspecified atom stereocenters. The lowest BCUT2D eigenvalue weighted by Crippen LogP contribution is -2.26. The van der Waals surface area contributed by atoms with Gasteiger partial charge in [-0.15, -0.1) is 11.3 Å². The van der Waals surface area contributed by atoms with E-state index in [9.17, 15) is 4.79 Å². The van der Waals surface area contributed by atoms with Gasteiger partial charge in [0.15, 0.2) is 0 Å². The van der Waals surface area contributed by atoms with Crippen LogP contribution >= 0.6 is 11.3 Å². The molecule has 0 fully saturated rings. The van der Waals surface area contributed by atoms with E-state index in [4.69, 9.17) is 0 Å². The molecule has 5 nitrogen and oxygen atoms in total. The highest BCUT2D eigenvalue weighted by Crippen LogP contribution is 2.24. The zero-order valence-electron chi connectivity index (χ0n) is 11.6. The lowest BCUT2D eigenvalue weighted by atomic mass is 10.1. The van der Waals surface area contributed by atoms with E-state index in [2.05, 4.69) is 38.3 Å². The number of aromatic amines is 2. The van der Waals surface area contributed by atoms with Crippen molar-refractivity contribution in [3.8, 4) is 0 Å². The minimum absolute atomic E-state index is 0.0383. The molecule has 0 bridgehead atoms. The van der Waals surface area contributed by atoms with Crippen LogP contribution in [0.2, 0.25) is 0 Å². The molecule has 0 spiro atoms. The van der Waals surface area contributed by atoms with Crippen LogP contribution in [0.4, 0.5) is 0 Å². The van der Waals surface area contributed by atoms with Crippen molar-refractivity contribution in [3.05, 3.63) is 50.9 Å². The van der Waals surface area contributed by atoms with E-state index < -0.39 is 0 Å². The van der Waals surface area contributed by atoms with E-state index >= 15 is 0 Å². The summed E-state index contributed by atoms with van der Waals surface area (Å²) in [5.74, 6) is 0. The van der Waals surface area contributed by atoms with E-state index in [1.165, 1.54) is 10.3 Å². The lowest BCUT2D eigenvalue weighted by Gasteiger charge is -2.20. The van der Waals surface area contributed by atoms with Crippen molar-refractivity contribution in [2.24, 2.45) is 0 Å². The molecule has 2 aromatic heterocycles. The molecule has 1 aliphatic rings. The molecule has 0 atom stereocenters. The zero-order chi connectivity index (χ0) is 14.2. The van der Waals surface area contributed by atoms with Gasteiger partial charge in [-0.3, -0.25) is 14.8 Å². The van der Waals surface area contributed by atoms with Crippen LogP contribution in [0, 0.1) is 0 Å². The fraction of sp³-hybridized carbons (Fsp3) is 0.333. The minimum atomic E-state index is 0.0383. The molecule has 4 rings (SSSR count). The summed E-state index contributed by atoms with van der Waals surface area (Å²) in [4.78, 5) is 18.5. The molecular weight excluding hydrogens is 284 g/mol. The van der Waals surface area contributed by atoms with Gasteiger partial charge in [0.05, 0.1) is 15.7 Å². The van der Waals surface area contributed by atoms with Crippen molar-refractivity contribution in [2.45, 2.75) is 19.4 Å². The maximum atomic E-state index is 11.7. The summed E-state index contributed by atoms with van der Waals surface area (Å²) >= 11 is 1.70. The van der Waals surface area contributed by atoms with Crippen molar-refractivity contribution >= 4 is 21.6 Å². The standard InChI is InChI=1S/C15H16N4OS/c20-15-11-4-6-19(7-5-12(11)17-18-15)8-10-2-1-3-13-14(10)21-9-16-13/h1-3,9H,4-8H2,(H2,17,18,20). The third-order valence-corrected chi connectivity index (χ3v) is 5.07. The Morgan fingerprint density at radius 3 is 3.10 bits per heavy atom. The van der Waals surface area contributed by atoms with Gasteiger partial charge in [-0.05, 0) is 18.1 Å². The quantitative estimate of drug-likeness (QED) is 0.760. The fourth-order valence-corrected chi connectivity index (χ4v) is 3.82. The predicted molar refractivity (Wildman–Crippen MR) is 83.7 cm³/mol. The van der Waals surface area contributed by atoms with E-state index in [1.54, 1.807) is 11.3 Å². The molecule has 0 saturated heterocycles. The normalized spacial score (nSPS) is 16.0. The number of aromatic nitrogens is 3. The lowest BCUT2D eigenvalue weighted by molar-refractivity contribution is 0.279. The van der Waals surface area contributed by atoms with Crippen LogP contribution in [0.5, 0.6) is 0 Å². The van der Waals surface area contributed by atoms with Crippen molar-refractivity contribution in [1.82, 2.24) is 20.1 Å².